The molecule has 0 N–H and O–H groups in total. The average molecular weight is 344 g/mol. The largest absolute Gasteiger partial charge is 0.497 e. The molecule has 0 bridgehead atoms. The van der Waals surface area contributed by atoms with Crippen LogP contribution in [0.25, 0.3) is 0 Å². The first-order valence-corrected chi connectivity index (χ1v) is 8.68. The number of benzene rings is 1. The van der Waals surface area contributed by atoms with Crippen molar-refractivity contribution in [2.45, 2.75) is 39.0 Å². The Morgan fingerprint density at radius 1 is 1.38 bits per heavy atom. The minimum absolute atomic E-state index is 0.405. The molecule has 1 aromatic heterocycles. The van der Waals surface area contributed by atoms with Gasteiger partial charge in [-0.3, -0.25) is 4.90 Å². The first-order valence-electron chi connectivity index (χ1n) is 8.27. The number of likely N-dealkylation sites (tertiary alicyclic amines) is 1. The van der Waals surface area contributed by atoms with E-state index in [9.17, 15) is 0 Å². The summed E-state index contributed by atoms with van der Waals surface area (Å²) in [4.78, 5) is 2.45. The Kier molecular flexibility index (Phi) is 5.16. The van der Waals surface area contributed by atoms with Crippen molar-refractivity contribution in [2.75, 3.05) is 13.7 Å². The van der Waals surface area contributed by atoms with Gasteiger partial charge in [0.2, 0.25) is 0 Å². The van der Waals surface area contributed by atoms with Crippen molar-refractivity contribution in [2.24, 2.45) is 0 Å². The Bertz CT molecular complexity index is 762. The van der Waals surface area contributed by atoms with Gasteiger partial charge in [0.25, 0.3) is 0 Å². The summed E-state index contributed by atoms with van der Waals surface area (Å²) in [5.74, 6) is 1.82. The Balaban J connectivity index is 1.80. The lowest BCUT2D eigenvalue weighted by atomic mass is 10.0. The van der Waals surface area contributed by atoms with Crippen LogP contribution in [0.1, 0.15) is 30.3 Å². The van der Waals surface area contributed by atoms with E-state index in [2.05, 4.69) is 28.7 Å². The first-order chi connectivity index (χ1) is 11.6. The molecule has 2 aromatic rings. The third-order valence-electron chi connectivity index (χ3n) is 4.60. The Labute approximate surface area is 148 Å². The lowest BCUT2D eigenvalue weighted by molar-refractivity contribution is 0.189. The van der Waals surface area contributed by atoms with E-state index in [-0.39, 0.29) is 0 Å². The fraction of sp³-hybridized carbons (Fsp3) is 0.444. The SMILES string of the molecule is C=CCn1c(C)nn(CN2CCCC2c2ccc(OC)cc2)c1=S. The maximum atomic E-state index is 5.57. The fourth-order valence-electron chi connectivity index (χ4n) is 3.35. The van der Waals surface area contributed by atoms with Crippen molar-refractivity contribution in [1.29, 1.82) is 0 Å². The molecule has 0 spiro atoms. The third-order valence-corrected chi connectivity index (χ3v) is 5.03. The molecule has 1 aromatic carbocycles. The van der Waals surface area contributed by atoms with Crippen LogP contribution in [-0.2, 0) is 13.2 Å². The fourth-order valence-corrected chi connectivity index (χ4v) is 3.66. The molecule has 128 valence electrons. The second kappa shape index (κ2) is 7.32. The molecule has 1 atom stereocenters. The molecule has 5 nitrogen and oxygen atoms in total. The molecule has 3 rings (SSSR count). The molecule has 0 amide bonds. The van der Waals surface area contributed by atoms with E-state index in [1.54, 1.807) is 7.11 Å². The summed E-state index contributed by atoms with van der Waals surface area (Å²) in [7, 11) is 1.69. The highest BCUT2D eigenvalue weighted by Crippen LogP contribution is 2.33. The van der Waals surface area contributed by atoms with Gasteiger partial charge in [-0.05, 0) is 49.7 Å². The van der Waals surface area contributed by atoms with Gasteiger partial charge < -0.3 is 9.30 Å². The monoisotopic (exact) mass is 344 g/mol. The van der Waals surface area contributed by atoms with Crippen molar-refractivity contribution >= 4 is 12.2 Å². The number of rotatable bonds is 6. The summed E-state index contributed by atoms with van der Waals surface area (Å²) < 4.78 is 9.96. The summed E-state index contributed by atoms with van der Waals surface area (Å²) in [6.07, 6.45) is 4.20. The first kappa shape index (κ1) is 16.9. The molecule has 1 aliphatic rings. The standard InChI is InChI=1S/C18H24N4OS/c1-4-11-21-14(2)19-22(18(21)24)13-20-12-5-6-17(20)15-7-9-16(23-3)10-8-15/h4,7-10,17H,1,5-6,11-13H2,2-3H3. The molecular weight excluding hydrogens is 320 g/mol. The zero-order valence-electron chi connectivity index (χ0n) is 14.3. The van der Waals surface area contributed by atoms with Gasteiger partial charge in [0.1, 0.15) is 11.6 Å². The summed E-state index contributed by atoms with van der Waals surface area (Å²) >= 11 is 5.57. The summed E-state index contributed by atoms with van der Waals surface area (Å²) in [6.45, 7) is 8.26. The van der Waals surface area contributed by atoms with Gasteiger partial charge in [0.05, 0.1) is 13.8 Å². The topological polar surface area (TPSA) is 35.2 Å². The number of ether oxygens (including phenoxy) is 1. The molecule has 24 heavy (non-hydrogen) atoms. The molecule has 1 unspecified atom stereocenters. The highest BCUT2D eigenvalue weighted by Gasteiger charge is 2.26. The molecule has 0 saturated carbocycles. The van der Waals surface area contributed by atoms with Crippen LogP contribution < -0.4 is 4.74 Å². The maximum Gasteiger partial charge on any atom is 0.199 e. The quantitative estimate of drug-likeness (QED) is 0.591. The van der Waals surface area contributed by atoms with Crippen LogP contribution in [0.3, 0.4) is 0 Å². The van der Waals surface area contributed by atoms with Crippen molar-refractivity contribution in [3.05, 3.63) is 53.1 Å². The second-order valence-corrected chi connectivity index (χ2v) is 6.48. The molecule has 1 aliphatic heterocycles. The Morgan fingerprint density at radius 2 is 2.12 bits per heavy atom. The van der Waals surface area contributed by atoms with Crippen LogP contribution in [0.4, 0.5) is 0 Å². The van der Waals surface area contributed by atoms with Crippen LogP contribution in [0, 0.1) is 11.7 Å². The molecular formula is C18H24N4OS. The Morgan fingerprint density at radius 3 is 2.79 bits per heavy atom. The van der Waals surface area contributed by atoms with Crippen molar-refractivity contribution in [1.82, 2.24) is 19.2 Å². The maximum absolute atomic E-state index is 5.57. The van der Waals surface area contributed by atoms with Gasteiger partial charge in [0, 0.05) is 19.1 Å². The highest BCUT2D eigenvalue weighted by atomic mass is 32.1. The number of aryl methyl sites for hydroxylation is 1. The number of methoxy groups -OCH3 is 1. The average Bonchev–Trinajstić information content (AvgIpc) is 3.16. The molecule has 1 fully saturated rings. The van der Waals surface area contributed by atoms with E-state index >= 15 is 0 Å². The smallest absolute Gasteiger partial charge is 0.199 e. The van der Waals surface area contributed by atoms with Crippen LogP contribution in [-0.4, -0.2) is 32.9 Å². The molecule has 0 radical (unpaired) electrons. The lowest BCUT2D eigenvalue weighted by Gasteiger charge is -2.24. The molecule has 1 saturated heterocycles. The van der Waals surface area contributed by atoms with Crippen LogP contribution >= 0.6 is 12.2 Å². The lowest BCUT2D eigenvalue weighted by Crippen LogP contribution is -2.27. The van der Waals surface area contributed by atoms with E-state index in [1.165, 1.54) is 12.0 Å². The van der Waals surface area contributed by atoms with E-state index in [1.807, 2.05) is 34.4 Å². The van der Waals surface area contributed by atoms with E-state index in [0.717, 1.165) is 36.0 Å². The Hall–Kier alpha value is -1.92. The van der Waals surface area contributed by atoms with E-state index in [0.29, 0.717) is 12.6 Å². The van der Waals surface area contributed by atoms with Gasteiger partial charge in [0.15, 0.2) is 4.77 Å². The highest BCUT2D eigenvalue weighted by molar-refractivity contribution is 7.71. The number of aromatic nitrogens is 3. The van der Waals surface area contributed by atoms with Gasteiger partial charge in [-0.2, -0.15) is 5.10 Å². The minimum atomic E-state index is 0.405. The van der Waals surface area contributed by atoms with Gasteiger partial charge in [-0.1, -0.05) is 18.2 Å². The number of hydrogen-bond acceptors (Lipinski definition) is 4. The summed E-state index contributed by atoms with van der Waals surface area (Å²) in [6, 6.07) is 8.77. The molecule has 6 heteroatoms. The van der Waals surface area contributed by atoms with E-state index in [4.69, 9.17) is 17.0 Å². The van der Waals surface area contributed by atoms with Crippen LogP contribution in [0.5, 0.6) is 5.75 Å². The van der Waals surface area contributed by atoms with E-state index < -0.39 is 0 Å². The third kappa shape index (κ3) is 3.30. The summed E-state index contributed by atoms with van der Waals surface area (Å²) in [5, 5.41) is 4.61. The van der Waals surface area contributed by atoms with Crippen molar-refractivity contribution in [3.63, 3.8) is 0 Å². The van der Waals surface area contributed by atoms with Gasteiger partial charge >= 0.3 is 0 Å². The van der Waals surface area contributed by atoms with Crippen molar-refractivity contribution in [3.8, 4) is 5.75 Å². The predicted octanol–water partition coefficient (Wildman–Crippen LogP) is 3.71. The molecule has 2 heterocycles. The predicted molar refractivity (Wildman–Crippen MR) is 97.7 cm³/mol. The molecule has 0 aliphatic carbocycles. The number of allylic oxidation sites excluding steroid dienone is 1. The van der Waals surface area contributed by atoms with Crippen LogP contribution in [0.15, 0.2) is 36.9 Å². The van der Waals surface area contributed by atoms with Gasteiger partial charge in [-0.25, -0.2) is 4.68 Å². The summed E-state index contributed by atoms with van der Waals surface area (Å²) in [5.41, 5.74) is 1.32. The van der Waals surface area contributed by atoms with Crippen molar-refractivity contribution < 1.29 is 4.74 Å². The second-order valence-electron chi connectivity index (χ2n) is 6.11. The van der Waals surface area contributed by atoms with Gasteiger partial charge in [-0.15, -0.1) is 6.58 Å². The minimum Gasteiger partial charge on any atom is -0.497 e. The number of hydrogen-bond donors (Lipinski definition) is 0. The number of nitrogens with zero attached hydrogens (tertiary/aromatic N) is 4. The van der Waals surface area contributed by atoms with Crippen LogP contribution in [0.2, 0.25) is 0 Å². The normalized spacial score (nSPS) is 18.0. The zero-order chi connectivity index (χ0) is 17.1. The zero-order valence-corrected chi connectivity index (χ0v) is 15.1.